The van der Waals surface area contributed by atoms with Crippen LogP contribution in [0.2, 0.25) is 0 Å². The van der Waals surface area contributed by atoms with Gasteiger partial charge in [0.15, 0.2) is 0 Å². The lowest BCUT2D eigenvalue weighted by atomic mass is 10.1. The van der Waals surface area contributed by atoms with Crippen molar-refractivity contribution < 1.29 is 14.6 Å². The molecule has 0 fully saturated rings. The summed E-state index contributed by atoms with van der Waals surface area (Å²) in [6, 6.07) is 8.65. The summed E-state index contributed by atoms with van der Waals surface area (Å²) in [4.78, 5) is 10.5. The monoisotopic (exact) mass is 234 g/mol. The van der Waals surface area contributed by atoms with Gasteiger partial charge >= 0.3 is 6.09 Å². The number of hydrogen-bond acceptors (Lipinski definition) is 3. The molecule has 0 aliphatic heterocycles. The number of carbonyl (C=O) groups is 1. The predicted molar refractivity (Wildman–Crippen MR) is 61.9 cm³/mol. The Bertz CT molecular complexity index is 432. The van der Waals surface area contributed by atoms with Crippen LogP contribution in [0, 0.1) is 11.3 Å². The molecule has 5 heteroatoms. The van der Waals surface area contributed by atoms with Gasteiger partial charge in [0.05, 0.1) is 17.2 Å². The van der Waals surface area contributed by atoms with E-state index in [1.165, 1.54) is 0 Å². The number of carboxylic acid groups (broad SMARTS) is 1. The van der Waals surface area contributed by atoms with E-state index in [0.717, 1.165) is 0 Å². The number of nitrogens with zero attached hydrogens (tertiary/aromatic N) is 1. The van der Waals surface area contributed by atoms with E-state index < -0.39 is 11.6 Å². The summed E-state index contributed by atoms with van der Waals surface area (Å²) in [6.45, 7) is 3.67. The summed E-state index contributed by atoms with van der Waals surface area (Å²) in [5.74, 6) is 0.601. The van der Waals surface area contributed by atoms with Gasteiger partial charge in [-0.1, -0.05) is 0 Å². The van der Waals surface area contributed by atoms with Crippen LogP contribution in [0.5, 0.6) is 5.75 Å². The van der Waals surface area contributed by atoms with Gasteiger partial charge in [-0.05, 0) is 38.1 Å². The van der Waals surface area contributed by atoms with Crippen molar-refractivity contribution in [1.82, 2.24) is 5.32 Å². The number of hydrogen-bond donors (Lipinski definition) is 2. The minimum Gasteiger partial charge on any atom is -0.491 e. The highest BCUT2D eigenvalue weighted by molar-refractivity contribution is 5.65. The molecule has 1 rings (SSSR count). The highest BCUT2D eigenvalue weighted by Gasteiger charge is 2.20. The van der Waals surface area contributed by atoms with Gasteiger partial charge in [-0.3, -0.25) is 0 Å². The first-order valence-electron chi connectivity index (χ1n) is 5.07. The average Bonchev–Trinajstić information content (AvgIpc) is 2.25. The van der Waals surface area contributed by atoms with Crippen LogP contribution in [-0.2, 0) is 0 Å². The zero-order chi connectivity index (χ0) is 12.9. The Morgan fingerprint density at radius 3 is 2.53 bits per heavy atom. The minimum absolute atomic E-state index is 0.213. The number of nitriles is 1. The third kappa shape index (κ3) is 4.43. The summed E-state index contributed by atoms with van der Waals surface area (Å²) >= 11 is 0. The number of amides is 1. The van der Waals surface area contributed by atoms with Gasteiger partial charge in [0.25, 0.3) is 0 Å². The standard InChI is InChI=1S/C12H14N2O3/c1-12(2,14-11(15)16)8-17-10-5-3-9(7-13)4-6-10/h3-6,14H,8H2,1-2H3,(H,15,16). The van der Waals surface area contributed by atoms with Crippen molar-refractivity contribution in [2.75, 3.05) is 6.61 Å². The number of ether oxygens (including phenoxy) is 1. The third-order valence-electron chi connectivity index (χ3n) is 2.03. The van der Waals surface area contributed by atoms with E-state index in [2.05, 4.69) is 5.32 Å². The molecule has 0 spiro atoms. The Labute approximate surface area is 99.6 Å². The van der Waals surface area contributed by atoms with Crippen molar-refractivity contribution in [2.45, 2.75) is 19.4 Å². The molecule has 1 amide bonds. The van der Waals surface area contributed by atoms with Crippen LogP contribution in [0.1, 0.15) is 19.4 Å². The lowest BCUT2D eigenvalue weighted by molar-refractivity contribution is 0.162. The molecule has 5 nitrogen and oxygen atoms in total. The Morgan fingerprint density at radius 1 is 1.47 bits per heavy atom. The maximum atomic E-state index is 10.5. The van der Waals surface area contributed by atoms with Crippen molar-refractivity contribution in [2.24, 2.45) is 0 Å². The van der Waals surface area contributed by atoms with E-state index in [9.17, 15) is 4.79 Å². The SMILES string of the molecule is CC(C)(COc1ccc(C#N)cc1)NC(=O)O. The highest BCUT2D eigenvalue weighted by Crippen LogP contribution is 2.13. The van der Waals surface area contributed by atoms with E-state index in [1.54, 1.807) is 38.1 Å². The Balaban J connectivity index is 2.55. The van der Waals surface area contributed by atoms with Gasteiger partial charge in [0.2, 0.25) is 0 Å². The highest BCUT2D eigenvalue weighted by atomic mass is 16.5. The van der Waals surface area contributed by atoms with Gasteiger partial charge in [-0.25, -0.2) is 4.79 Å². The maximum Gasteiger partial charge on any atom is 0.405 e. The summed E-state index contributed by atoms with van der Waals surface area (Å²) in [6.07, 6.45) is -1.08. The lowest BCUT2D eigenvalue weighted by Crippen LogP contribution is -2.47. The molecule has 0 bridgehead atoms. The van der Waals surface area contributed by atoms with Crippen molar-refractivity contribution in [1.29, 1.82) is 5.26 Å². The minimum atomic E-state index is -1.08. The van der Waals surface area contributed by atoms with Gasteiger partial charge in [0.1, 0.15) is 12.4 Å². The Kier molecular flexibility index (Phi) is 3.94. The van der Waals surface area contributed by atoms with Crippen LogP contribution in [0.3, 0.4) is 0 Å². The summed E-state index contributed by atoms with van der Waals surface area (Å²) in [7, 11) is 0. The summed E-state index contributed by atoms with van der Waals surface area (Å²) < 4.78 is 5.44. The molecule has 0 aliphatic rings. The first kappa shape index (κ1) is 12.8. The molecule has 2 N–H and O–H groups in total. The average molecular weight is 234 g/mol. The zero-order valence-corrected chi connectivity index (χ0v) is 9.73. The topological polar surface area (TPSA) is 82.3 Å². The Morgan fingerprint density at radius 2 is 2.06 bits per heavy atom. The van der Waals surface area contributed by atoms with E-state index in [-0.39, 0.29) is 6.61 Å². The first-order chi connectivity index (χ1) is 7.93. The molecular weight excluding hydrogens is 220 g/mol. The van der Waals surface area contributed by atoms with Crippen LogP contribution < -0.4 is 10.1 Å². The lowest BCUT2D eigenvalue weighted by Gasteiger charge is -2.24. The molecule has 0 aliphatic carbocycles. The number of rotatable bonds is 4. The number of benzene rings is 1. The second kappa shape index (κ2) is 5.21. The summed E-state index contributed by atoms with van der Waals surface area (Å²) in [5.41, 5.74) is -0.111. The Hall–Kier alpha value is -2.22. The molecule has 1 aromatic rings. The van der Waals surface area contributed by atoms with Crippen molar-refractivity contribution in [3.05, 3.63) is 29.8 Å². The van der Waals surface area contributed by atoms with Crippen molar-refractivity contribution in [3.63, 3.8) is 0 Å². The molecule has 0 atom stereocenters. The first-order valence-corrected chi connectivity index (χ1v) is 5.07. The predicted octanol–water partition coefficient (Wildman–Crippen LogP) is 1.98. The van der Waals surface area contributed by atoms with Gasteiger partial charge < -0.3 is 15.2 Å². The molecule has 0 saturated heterocycles. The zero-order valence-electron chi connectivity index (χ0n) is 9.73. The molecule has 0 unspecified atom stereocenters. The summed E-state index contributed by atoms with van der Waals surface area (Å²) in [5, 5.41) is 19.6. The molecule has 0 heterocycles. The van der Waals surface area contributed by atoms with Gasteiger partial charge in [-0.2, -0.15) is 5.26 Å². The second-order valence-electron chi connectivity index (χ2n) is 4.24. The van der Waals surface area contributed by atoms with E-state index in [1.807, 2.05) is 6.07 Å². The fourth-order valence-electron chi connectivity index (χ4n) is 1.22. The van der Waals surface area contributed by atoms with Crippen LogP contribution in [0.25, 0.3) is 0 Å². The van der Waals surface area contributed by atoms with Gasteiger partial charge in [0, 0.05) is 0 Å². The normalized spacial score (nSPS) is 10.4. The smallest absolute Gasteiger partial charge is 0.405 e. The van der Waals surface area contributed by atoms with E-state index in [0.29, 0.717) is 11.3 Å². The maximum absolute atomic E-state index is 10.5. The molecule has 90 valence electrons. The molecule has 17 heavy (non-hydrogen) atoms. The fraction of sp³-hybridized carbons (Fsp3) is 0.333. The van der Waals surface area contributed by atoms with E-state index in [4.69, 9.17) is 15.1 Å². The van der Waals surface area contributed by atoms with Crippen LogP contribution in [0.4, 0.5) is 4.79 Å². The molecular formula is C12H14N2O3. The van der Waals surface area contributed by atoms with Crippen LogP contribution in [-0.4, -0.2) is 23.3 Å². The third-order valence-corrected chi connectivity index (χ3v) is 2.03. The van der Waals surface area contributed by atoms with Crippen LogP contribution >= 0.6 is 0 Å². The largest absolute Gasteiger partial charge is 0.491 e. The molecule has 0 saturated carbocycles. The van der Waals surface area contributed by atoms with Crippen LogP contribution in [0.15, 0.2) is 24.3 Å². The quantitative estimate of drug-likeness (QED) is 0.834. The number of nitrogens with one attached hydrogen (secondary N) is 1. The second-order valence-corrected chi connectivity index (χ2v) is 4.24. The van der Waals surface area contributed by atoms with Crippen molar-refractivity contribution >= 4 is 6.09 Å². The van der Waals surface area contributed by atoms with Crippen molar-refractivity contribution in [3.8, 4) is 11.8 Å². The molecule has 0 aromatic heterocycles. The van der Waals surface area contributed by atoms with E-state index >= 15 is 0 Å². The molecule has 1 aromatic carbocycles. The molecule has 0 radical (unpaired) electrons. The van der Waals surface area contributed by atoms with Gasteiger partial charge in [-0.15, -0.1) is 0 Å². The fourth-order valence-corrected chi connectivity index (χ4v) is 1.22.